The predicted octanol–water partition coefficient (Wildman–Crippen LogP) is 3.68. The lowest BCUT2D eigenvalue weighted by Crippen LogP contribution is -2.24. The first-order valence-corrected chi connectivity index (χ1v) is 10.2. The Hall–Kier alpha value is -3.74. The Morgan fingerprint density at radius 2 is 1.91 bits per heavy atom. The molecule has 1 heterocycles. The molecule has 0 N–H and O–H groups in total. The van der Waals surface area contributed by atoms with Gasteiger partial charge in [0.05, 0.1) is 26.6 Å². The molecule has 0 aliphatic carbocycles. The van der Waals surface area contributed by atoms with Crippen LogP contribution in [-0.4, -0.2) is 38.5 Å². The molecule has 1 amide bonds. The summed E-state index contributed by atoms with van der Waals surface area (Å²) in [4.78, 5) is 25.7. The van der Waals surface area contributed by atoms with E-state index in [4.69, 9.17) is 22.1 Å². The minimum Gasteiger partial charge on any atom is -0.469 e. The molecule has 3 aromatic carbocycles. The quantitative estimate of drug-likeness (QED) is 0.425. The molecular formula is C25H22BNO5. The lowest BCUT2D eigenvalue weighted by molar-refractivity contribution is -0.139. The van der Waals surface area contributed by atoms with Crippen LogP contribution in [0.1, 0.15) is 22.8 Å². The van der Waals surface area contributed by atoms with E-state index in [2.05, 4.69) is 0 Å². The van der Waals surface area contributed by atoms with Gasteiger partial charge in [-0.1, -0.05) is 60.1 Å². The first-order chi connectivity index (χ1) is 15.5. The summed E-state index contributed by atoms with van der Waals surface area (Å²) in [6.45, 7) is 0.732. The maximum absolute atomic E-state index is 12.5. The fourth-order valence-electron chi connectivity index (χ4n) is 3.59. The van der Waals surface area contributed by atoms with Crippen LogP contribution in [0, 0.1) is 0 Å². The highest BCUT2D eigenvalue weighted by Gasteiger charge is 2.32. The molecule has 2 radical (unpaired) electrons. The van der Waals surface area contributed by atoms with E-state index < -0.39 is 0 Å². The Morgan fingerprint density at radius 3 is 2.69 bits per heavy atom. The van der Waals surface area contributed by atoms with Gasteiger partial charge < -0.3 is 14.2 Å². The van der Waals surface area contributed by atoms with Gasteiger partial charge in [-0.2, -0.15) is 0 Å². The van der Waals surface area contributed by atoms with Crippen molar-refractivity contribution < 1.29 is 23.8 Å². The largest absolute Gasteiger partial charge is 0.469 e. The third-order valence-corrected chi connectivity index (χ3v) is 5.21. The molecule has 0 spiro atoms. The molecule has 1 aliphatic rings. The summed E-state index contributed by atoms with van der Waals surface area (Å²) in [5, 5.41) is 0. The second-order valence-electron chi connectivity index (χ2n) is 7.53. The van der Waals surface area contributed by atoms with Crippen LogP contribution in [0.2, 0.25) is 0 Å². The number of cyclic esters (lactones) is 1. The lowest BCUT2D eigenvalue weighted by atomic mass is 9.94. The molecule has 32 heavy (non-hydrogen) atoms. The highest BCUT2D eigenvalue weighted by Crippen LogP contribution is 2.31. The fraction of sp³-hybridized carbons (Fsp3) is 0.200. The zero-order chi connectivity index (χ0) is 22.5. The van der Waals surface area contributed by atoms with E-state index >= 15 is 0 Å². The van der Waals surface area contributed by atoms with Crippen LogP contribution >= 0.6 is 0 Å². The van der Waals surface area contributed by atoms with Crippen molar-refractivity contribution in [3.8, 4) is 11.5 Å². The molecule has 7 heteroatoms. The summed E-state index contributed by atoms with van der Waals surface area (Å²) >= 11 is 0. The van der Waals surface area contributed by atoms with Crippen molar-refractivity contribution in [2.75, 3.05) is 13.7 Å². The van der Waals surface area contributed by atoms with Crippen LogP contribution in [0.4, 0.5) is 4.79 Å². The van der Waals surface area contributed by atoms with Gasteiger partial charge >= 0.3 is 12.1 Å². The van der Waals surface area contributed by atoms with Crippen molar-refractivity contribution >= 4 is 25.4 Å². The monoisotopic (exact) mass is 427 g/mol. The van der Waals surface area contributed by atoms with Gasteiger partial charge in [0.25, 0.3) is 0 Å². The van der Waals surface area contributed by atoms with E-state index in [9.17, 15) is 9.59 Å². The predicted molar refractivity (Wildman–Crippen MR) is 120 cm³/mol. The molecule has 0 aromatic heterocycles. The zero-order valence-corrected chi connectivity index (χ0v) is 17.7. The molecule has 1 aliphatic heterocycles. The number of benzene rings is 3. The average molecular weight is 427 g/mol. The molecular weight excluding hydrogens is 405 g/mol. The Morgan fingerprint density at radius 1 is 1.09 bits per heavy atom. The summed E-state index contributed by atoms with van der Waals surface area (Å²) in [7, 11) is 7.36. The summed E-state index contributed by atoms with van der Waals surface area (Å²) in [6.07, 6.45) is -0.542. The van der Waals surface area contributed by atoms with E-state index in [1.807, 2.05) is 42.5 Å². The third-order valence-electron chi connectivity index (χ3n) is 5.21. The zero-order valence-electron chi connectivity index (χ0n) is 17.7. The van der Waals surface area contributed by atoms with E-state index in [1.165, 1.54) is 7.11 Å². The van der Waals surface area contributed by atoms with Crippen molar-refractivity contribution in [3.05, 3.63) is 89.5 Å². The number of hydrogen-bond acceptors (Lipinski definition) is 5. The summed E-state index contributed by atoms with van der Waals surface area (Å²) < 4.78 is 16.4. The minimum atomic E-state index is -0.382. The second-order valence-corrected chi connectivity index (χ2v) is 7.53. The van der Waals surface area contributed by atoms with E-state index in [0.29, 0.717) is 30.1 Å². The normalized spacial score (nSPS) is 15.3. The number of esters is 1. The molecule has 4 rings (SSSR count). The van der Waals surface area contributed by atoms with Crippen LogP contribution in [0.3, 0.4) is 0 Å². The van der Waals surface area contributed by atoms with Crippen LogP contribution in [0.5, 0.6) is 11.5 Å². The molecule has 0 bridgehead atoms. The van der Waals surface area contributed by atoms with Crippen molar-refractivity contribution in [3.63, 3.8) is 0 Å². The van der Waals surface area contributed by atoms with Crippen LogP contribution in [-0.2, 0) is 27.2 Å². The molecule has 1 atom stereocenters. The first-order valence-electron chi connectivity index (χ1n) is 10.2. The standard InChI is InChI=1S/C25H22BNO5/c1-30-24(28)13-17-6-5-9-21(12-17)31-22-11-10-20(26)14-19(22)15-27-16-23(32-25(27)29)18-7-3-2-4-8-18/h2-12,14,23H,13,15-16H2,1H3/t23-/m0/s1. The van der Waals surface area contributed by atoms with Crippen LogP contribution in [0.15, 0.2) is 72.8 Å². The van der Waals surface area contributed by atoms with Gasteiger partial charge in [0.2, 0.25) is 0 Å². The molecule has 160 valence electrons. The lowest BCUT2D eigenvalue weighted by Gasteiger charge is -2.17. The van der Waals surface area contributed by atoms with E-state index in [1.54, 1.807) is 35.2 Å². The Labute approximate surface area is 188 Å². The Bertz CT molecular complexity index is 1120. The summed E-state index contributed by atoms with van der Waals surface area (Å²) in [5.41, 5.74) is 3.06. The highest BCUT2D eigenvalue weighted by molar-refractivity contribution is 6.32. The third kappa shape index (κ3) is 5.11. The van der Waals surface area contributed by atoms with Gasteiger partial charge in [0.1, 0.15) is 25.4 Å². The van der Waals surface area contributed by atoms with Crippen molar-refractivity contribution in [1.82, 2.24) is 4.90 Å². The number of amides is 1. The van der Waals surface area contributed by atoms with Gasteiger partial charge in [-0.3, -0.25) is 9.69 Å². The van der Waals surface area contributed by atoms with E-state index in [-0.39, 0.29) is 24.6 Å². The van der Waals surface area contributed by atoms with Gasteiger partial charge in [-0.25, -0.2) is 4.79 Å². The number of methoxy groups -OCH3 is 1. The number of hydrogen-bond donors (Lipinski definition) is 0. The molecule has 6 nitrogen and oxygen atoms in total. The van der Waals surface area contributed by atoms with Crippen LogP contribution in [0.25, 0.3) is 0 Å². The summed E-state index contributed by atoms with van der Waals surface area (Å²) in [6, 6.07) is 22.2. The average Bonchev–Trinajstić information content (AvgIpc) is 3.16. The van der Waals surface area contributed by atoms with Gasteiger partial charge in [-0.15, -0.1) is 0 Å². The van der Waals surface area contributed by atoms with E-state index in [0.717, 1.165) is 16.7 Å². The molecule has 0 unspecified atom stereocenters. The Balaban J connectivity index is 1.51. The first kappa shape index (κ1) is 21.5. The molecule has 3 aromatic rings. The number of rotatable bonds is 7. The molecule has 1 saturated heterocycles. The maximum atomic E-state index is 12.5. The van der Waals surface area contributed by atoms with Gasteiger partial charge in [-0.05, 0) is 29.3 Å². The number of carbonyl (C=O) groups excluding carboxylic acids is 2. The van der Waals surface area contributed by atoms with Gasteiger partial charge in [0.15, 0.2) is 0 Å². The van der Waals surface area contributed by atoms with Gasteiger partial charge in [0, 0.05) is 5.56 Å². The smallest absolute Gasteiger partial charge is 0.410 e. The molecule has 1 fully saturated rings. The van der Waals surface area contributed by atoms with Crippen molar-refractivity contribution in [1.29, 1.82) is 0 Å². The highest BCUT2D eigenvalue weighted by atomic mass is 16.6. The topological polar surface area (TPSA) is 65.1 Å². The molecule has 0 saturated carbocycles. The van der Waals surface area contributed by atoms with Crippen LogP contribution < -0.4 is 10.2 Å². The maximum Gasteiger partial charge on any atom is 0.410 e. The second kappa shape index (κ2) is 9.60. The van der Waals surface area contributed by atoms with Crippen molar-refractivity contribution in [2.24, 2.45) is 0 Å². The minimum absolute atomic E-state index is 0.156. The Kier molecular flexibility index (Phi) is 6.45. The number of nitrogens with zero attached hydrogens (tertiary/aromatic N) is 1. The number of carbonyl (C=O) groups is 2. The van der Waals surface area contributed by atoms with Crippen molar-refractivity contribution in [2.45, 2.75) is 19.1 Å². The number of ether oxygens (including phenoxy) is 3. The SMILES string of the molecule is [B]c1ccc(Oc2cccc(CC(=O)OC)c2)c(CN2C[C@@H](c3ccccc3)OC2=O)c1. The summed E-state index contributed by atoms with van der Waals surface area (Å²) in [5.74, 6) is 0.824. The fourth-order valence-corrected chi connectivity index (χ4v) is 3.59.